The first-order chi connectivity index (χ1) is 12.5. The second kappa shape index (κ2) is 6.53. The molecule has 4 aliphatic rings. The summed E-state index contributed by atoms with van der Waals surface area (Å²) >= 11 is 0. The number of allylic oxidation sites excluding steroid dienone is 1. The average Bonchev–Trinajstić information content (AvgIpc) is 3.20. The fourth-order valence-electron chi connectivity index (χ4n) is 4.61. The molecule has 1 aromatic rings. The lowest BCUT2D eigenvalue weighted by Crippen LogP contribution is -2.48. The van der Waals surface area contributed by atoms with Gasteiger partial charge in [0.2, 0.25) is 0 Å². The molecule has 3 aliphatic carbocycles. The molecule has 26 heavy (non-hydrogen) atoms. The summed E-state index contributed by atoms with van der Waals surface area (Å²) in [6.07, 6.45) is 6.57. The van der Waals surface area contributed by atoms with Gasteiger partial charge in [0, 0.05) is 13.1 Å². The second-order valence-corrected chi connectivity index (χ2v) is 8.30. The number of ether oxygens (including phenoxy) is 1. The number of fused-ring (bicyclic) bond motifs is 1. The van der Waals surface area contributed by atoms with Gasteiger partial charge in [0.1, 0.15) is 18.0 Å². The van der Waals surface area contributed by atoms with Crippen LogP contribution in [0.25, 0.3) is 0 Å². The van der Waals surface area contributed by atoms with E-state index in [4.69, 9.17) is 4.74 Å². The number of pyridine rings is 1. The number of rotatable bonds is 4. The molecule has 2 heterocycles. The van der Waals surface area contributed by atoms with Crippen LogP contribution in [0.3, 0.4) is 0 Å². The predicted molar refractivity (Wildman–Crippen MR) is 97.7 cm³/mol. The van der Waals surface area contributed by atoms with E-state index in [2.05, 4.69) is 24.9 Å². The number of carbonyl (C=O) groups excluding carboxylic acids is 2. The molecule has 5 rings (SSSR count). The molecule has 2 unspecified atom stereocenters. The minimum absolute atomic E-state index is 0.102. The zero-order valence-electron chi connectivity index (χ0n) is 15.5. The van der Waals surface area contributed by atoms with Gasteiger partial charge < -0.3 is 9.64 Å². The van der Waals surface area contributed by atoms with E-state index in [1.807, 2.05) is 0 Å². The Morgan fingerprint density at radius 3 is 2.65 bits per heavy atom. The highest BCUT2D eigenvalue weighted by molar-refractivity contribution is 5.94. The van der Waals surface area contributed by atoms with Crippen molar-refractivity contribution in [3.05, 3.63) is 41.2 Å². The van der Waals surface area contributed by atoms with E-state index >= 15 is 0 Å². The number of aromatic nitrogens is 1. The molecular weight excluding hydrogens is 328 g/mol. The van der Waals surface area contributed by atoms with Crippen molar-refractivity contribution < 1.29 is 14.3 Å². The molecule has 2 bridgehead atoms. The predicted octanol–water partition coefficient (Wildman–Crippen LogP) is 3.47. The van der Waals surface area contributed by atoms with E-state index in [0.29, 0.717) is 23.6 Å². The van der Waals surface area contributed by atoms with E-state index in [-0.39, 0.29) is 11.6 Å². The largest absolute Gasteiger partial charge is 0.456 e. The van der Waals surface area contributed by atoms with Crippen LogP contribution < -0.4 is 0 Å². The molecule has 1 saturated carbocycles. The van der Waals surface area contributed by atoms with Crippen molar-refractivity contribution in [2.45, 2.75) is 39.5 Å². The number of nitrogens with zero attached hydrogens (tertiary/aromatic N) is 2. The number of likely N-dealkylation sites (tertiary alicyclic amines) is 1. The Bertz CT molecular complexity index is 762. The molecule has 2 fully saturated rings. The van der Waals surface area contributed by atoms with Crippen LogP contribution in [-0.4, -0.2) is 41.5 Å². The van der Waals surface area contributed by atoms with E-state index in [1.54, 1.807) is 23.1 Å². The summed E-state index contributed by atoms with van der Waals surface area (Å²) < 4.78 is 5.52. The van der Waals surface area contributed by atoms with Gasteiger partial charge in [-0.3, -0.25) is 4.79 Å². The van der Waals surface area contributed by atoms with Gasteiger partial charge in [-0.1, -0.05) is 26.0 Å². The zero-order chi connectivity index (χ0) is 18.3. The number of carbonyl (C=O) groups is 2. The number of hydrogen-bond donors (Lipinski definition) is 0. The summed E-state index contributed by atoms with van der Waals surface area (Å²) in [5.41, 5.74) is 2.07. The van der Waals surface area contributed by atoms with Gasteiger partial charge in [0.15, 0.2) is 0 Å². The fourth-order valence-corrected chi connectivity index (χ4v) is 4.61. The van der Waals surface area contributed by atoms with Crippen LogP contribution in [-0.2, 0) is 4.74 Å². The number of amides is 1. The molecule has 2 atom stereocenters. The maximum absolute atomic E-state index is 12.4. The van der Waals surface area contributed by atoms with Crippen LogP contribution >= 0.6 is 0 Å². The summed E-state index contributed by atoms with van der Waals surface area (Å²) in [7, 11) is 0. The lowest BCUT2D eigenvalue weighted by atomic mass is 9.49. The Morgan fingerprint density at radius 1 is 1.23 bits per heavy atom. The molecule has 1 aromatic heterocycles. The van der Waals surface area contributed by atoms with Gasteiger partial charge in [0.25, 0.3) is 5.91 Å². The van der Waals surface area contributed by atoms with Crippen molar-refractivity contribution >= 4 is 11.9 Å². The Labute approximate surface area is 154 Å². The number of esters is 1. The molecule has 1 saturated heterocycles. The zero-order valence-corrected chi connectivity index (χ0v) is 15.5. The van der Waals surface area contributed by atoms with Gasteiger partial charge in [0.05, 0.1) is 0 Å². The summed E-state index contributed by atoms with van der Waals surface area (Å²) in [5, 5.41) is 0. The van der Waals surface area contributed by atoms with E-state index in [1.165, 1.54) is 12.0 Å². The van der Waals surface area contributed by atoms with Crippen LogP contribution in [0.1, 0.15) is 60.5 Å². The lowest BCUT2D eigenvalue weighted by Gasteiger charge is -2.56. The molecule has 0 radical (unpaired) electrons. The molecule has 0 N–H and O–H groups in total. The first kappa shape index (κ1) is 17.3. The first-order valence-electron chi connectivity index (χ1n) is 9.59. The van der Waals surface area contributed by atoms with Gasteiger partial charge in [-0.15, -0.1) is 0 Å². The van der Waals surface area contributed by atoms with Crippen LogP contribution in [0.4, 0.5) is 0 Å². The molecule has 1 amide bonds. The Morgan fingerprint density at radius 2 is 1.96 bits per heavy atom. The quantitative estimate of drug-likeness (QED) is 0.614. The van der Waals surface area contributed by atoms with Crippen molar-refractivity contribution in [3.8, 4) is 0 Å². The van der Waals surface area contributed by atoms with E-state index < -0.39 is 5.97 Å². The van der Waals surface area contributed by atoms with Crippen LogP contribution in [0.15, 0.2) is 29.8 Å². The van der Waals surface area contributed by atoms with Crippen molar-refractivity contribution in [2.75, 3.05) is 19.7 Å². The van der Waals surface area contributed by atoms with Crippen LogP contribution in [0, 0.1) is 17.3 Å². The standard InChI is InChI=1S/C21H26N2O3/c1-21(2)15-9-8-14(16(21)12-15)13-26-20(25)18-7-5-6-17(22-18)19(24)23-10-3-4-11-23/h5-8,15-16H,3-4,9-13H2,1-2H3. The molecule has 5 heteroatoms. The first-order valence-corrected chi connectivity index (χ1v) is 9.59. The Balaban J connectivity index is 1.40. The maximum atomic E-state index is 12.4. The third-order valence-corrected chi connectivity index (χ3v) is 6.52. The van der Waals surface area contributed by atoms with Crippen LogP contribution in [0.2, 0.25) is 0 Å². The SMILES string of the molecule is CC1(C)C2CC=C(COC(=O)c3cccc(C(=O)N4CCCC4)n3)C1C2. The molecule has 0 aromatic carbocycles. The van der Waals surface area contributed by atoms with Gasteiger partial charge in [-0.2, -0.15) is 0 Å². The third kappa shape index (κ3) is 2.93. The van der Waals surface area contributed by atoms with Crippen molar-refractivity contribution in [3.63, 3.8) is 0 Å². The molecular formula is C21H26N2O3. The summed E-state index contributed by atoms with van der Waals surface area (Å²) in [6.45, 7) is 6.46. The lowest BCUT2D eigenvalue weighted by molar-refractivity contribution is -0.0156. The monoisotopic (exact) mass is 354 g/mol. The average molecular weight is 354 g/mol. The fraction of sp³-hybridized carbons (Fsp3) is 0.571. The normalized spacial score (nSPS) is 26.1. The smallest absolute Gasteiger partial charge is 0.357 e. The molecule has 5 nitrogen and oxygen atoms in total. The van der Waals surface area contributed by atoms with Crippen molar-refractivity contribution in [2.24, 2.45) is 17.3 Å². The summed E-state index contributed by atoms with van der Waals surface area (Å²) in [5.74, 6) is 0.725. The minimum atomic E-state index is -0.457. The minimum Gasteiger partial charge on any atom is -0.456 e. The topological polar surface area (TPSA) is 59.5 Å². The molecule has 138 valence electrons. The Kier molecular flexibility index (Phi) is 4.33. The van der Waals surface area contributed by atoms with Crippen LogP contribution in [0.5, 0.6) is 0 Å². The summed E-state index contributed by atoms with van der Waals surface area (Å²) in [4.78, 5) is 30.9. The highest BCUT2D eigenvalue weighted by atomic mass is 16.5. The van der Waals surface area contributed by atoms with Gasteiger partial charge in [-0.25, -0.2) is 9.78 Å². The maximum Gasteiger partial charge on any atom is 0.357 e. The summed E-state index contributed by atoms with van der Waals surface area (Å²) in [6, 6.07) is 4.98. The van der Waals surface area contributed by atoms with E-state index in [0.717, 1.165) is 38.3 Å². The third-order valence-electron chi connectivity index (χ3n) is 6.52. The van der Waals surface area contributed by atoms with Gasteiger partial charge >= 0.3 is 5.97 Å². The Hall–Kier alpha value is -2.17. The highest BCUT2D eigenvalue weighted by Gasteiger charge is 2.51. The number of hydrogen-bond acceptors (Lipinski definition) is 4. The van der Waals surface area contributed by atoms with E-state index in [9.17, 15) is 9.59 Å². The molecule has 1 aliphatic heterocycles. The second-order valence-electron chi connectivity index (χ2n) is 8.30. The van der Waals surface area contributed by atoms with Crippen molar-refractivity contribution in [1.82, 2.24) is 9.88 Å². The van der Waals surface area contributed by atoms with Crippen molar-refractivity contribution in [1.29, 1.82) is 0 Å². The highest BCUT2D eigenvalue weighted by Crippen LogP contribution is 2.59. The molecule has 0 spiro atoms. The van der Waals surface area contributed by atoms with Gasteiger partial charge in [-0.05, 0) is 60.6 Å².